The molecule has 0 N–H and O–H groups in total. The Morgan fingerprint density at radius 3 is 2.43 bits per heavy atom. The summed E-state index contributed by atoms with van der Waals surface area (Å²) in [5.74, 6) is 0.500. The van der Waals surface area contributed by atoms with E-state index >= 15 is 0 Å². The standard InChI is InChI=1S/C24H18Cl2N2O2/c1-14-2-4-15(5-3-14)20-13-21-19-12-18(26)10-11-22(19)30-24(28(21)27-20)23(29)16-6-8-17(25)9-7-16/h2-12,21,24H,13H2,1H3/t21-,24-/m1/s1. The first-order valence-corrected chi connectivity index (χ1v) is 10.4. The zero-order valence-electron chi connectivity index (χ0n) is 16.2. The van der Waals surface area contributed by atoms with Crippen LogP contribution in [-0.4, -0.2) is 22.7 Å². The molecule has 0 amide bonds. The van der Waals surface area contributed by atoms with E-state index in [4.69, 9.17) is 33.0 Å². The second kappa shape index (κ2) is 7.46. The van der Waals surface area contributed by atoms with E-state index in [1.54, 1.807) is 35.3 Å². The Morgan fingerprint density at radius 2 is 1.70 bits per heavy atom. The third-order valence-electron chi connectivity index (χ3n) is 5.49. The highest BCUT2D eigenvalue weighted by Crippen LogP contribution is 2.44. The molecule has 6 heteroatoms. The SMILES string of the molecule is Cc1ccc(C2=NN3[C@@H](C(=O)c4ccc(Cl)cc4)Oc4ccc(Cl)cc4[C@H]3C2)cc1. The van der Waals surface area contributed by atoms with Crippen molar-refractivity contribution in [1.82, 2.24) is 5.01 Å². The molecule has 0 bridgehead atoms. The number of halogens is 2. The van der Waals surface area contributed by atoms with Crippen molar-refractivity contribution in [3.63, 3.8) is 0 Å². The average Bonchev–Trinajstić information content (AvgIpc) is 3.19. The number of benzene rings is 3. The molecule has 4 nitrogen and oxygen atoms in total. The van der Waals surface area contributed by atoms with Crippen LogP contribution in [0, 0.1) is 6.92 Å². The predicted octanol–water partition coefficient (Wildman–Crippen LogP) is 6.05. The lowest BCUT2D eigenvalue weighted by Gasteiger charge is -2.37. The van der Waals surface area contributed by atoms with Gasteiger partial charge >= 0.3 is 0 Å². The molecule has 3 aromatic rings. The van der Waals surface area contributed by atoms with Gasteiger partial charge in [-0.25, -0.2) is 5.01 Å². The first-order valence-electron chi connectivity index (χ1n) is 9.68. The minimum absolute atomic E-state index is 0.120. The Kier molecular flexibility index (Phi) is 4.76. The van der Waals surface area contributed by atoms with Crippen molar-refractivity contribution in [1.29, 1.82) is 0 Å². The first kappa shape index (κ1) is 19.2. The number of nitrogens with zero attached hydrogens (tertiary/aromatic N) is 2. The number of ketones is 1. The molecule has 0 aromatic heterocycles. The van der Waals surface area contributed by atoms with Crippen molar-refractivity contribution < 1.29 is 9.53 Å². The summed E-state index contributed by atoms with van der Waals surface area (Å²) < 4.78 is 6.13. The van der Waals surface area contributed by atoms with Crippen molar-refractivity contribution in [2.45, 2.75) is 25.6 Å². The molecular weight excluding hydrogens is 419 g/mol. The molecule has 0 radical (unpaired) electrons. The van der Waals surface area contributed by atoms with Crippen LogP contribution < -0.4 is 4.74 Å². The van der Waals surface area contributed by atoms with Gasteiger partial charge in [0.25, 0.3) is 6.23 Å². The molecule has 2 aliphatic rings. The smallest absolute Gasteiger partial charge is 0.251 e. The summed E-state index contributed by atoms with van der Waals surface area (Å²) >= 11 is 12.2. The van der Waals surface area contributed by atoms with Crippen molar-refractivity contribution in [2.75, 3.05) is 0 Å². The fourth-order valence-electron chi connectivity index (χ4n) is 3.91. The monoisotopic (exact) mass is 436 g/mol. The number of aryl methyl sites for hydroxylation is 1. The van der Waals surface area contributed by atoms with Gasteiger partial charge < -0.3 is 4.74 Å². The van der Waals surface area contributed by atoms with Crippen LogP contribution >= 0.6 is 23.2 Å². The third-order valence-corrected chi connectivity index (χ3v) is 5.98. The zero-order chi connectivity index (χ0) is 20.8. The van der Waals surface area contributed by atoms with Gasteiger partial charge in [0.05, 0.1) is 11.8 Å². The van der Waals surface area contributed by atoms with Crippen LogP contribution in [0.2, 0.25) is 10.0 Å². The molecule has 0 unspecified atom stereocenters. The van der Waals surface area contributed by atoms with E-state index in [-0.39, 0.29) is 11.8 Å². The third kappa shape index (κ3) is 3.36. The van der Waals surface area contributed by atoms with Gasteiger partial charge in [-0.1, -0.05) is 53.0 Å². The lowest BCUT2D eigenvalue weighted by atomic mass is 9.95. The maximum absolute atomic E-state index is 13.3. The number of carbonyl (C=O) groups excluding carboxylic acids is 1. The van der Waals surface area contributed by atoms with Gasteiger partial charge in [-0.15, -0.1) is 0 Å². The van der Waals surface area contributed by atoms with Crippen LogP contribution in [0.4, 0.5) is 0 Å². The molecule has 2 atom stereocenters. The molecule has 0 aliphatic carbocycles. The highest BCUT2D eigenvalue weighted by Gasteiger charge is 2.43. The number of hydrogen-bond acceptors (Lipinski definition) is 4. The average molecular weight is 437 g/mol. The van der Waals surface area contributed by atoms with Crippen molar-refractivity contribution >= 4 is 34.7 Å². The number of ether oxygens (including phenoxy) is 1. The number of fused-ring (bicyclic) bond motifs is 3. The van der Waals surface area contributed by atoms with Gasteiger partial charge in [-0.3, -0.25) is 4.79 Å². The second-order valence-electron chi connectivity index (χ2n) is 7.54. The van der Waals surface area contributed by atoms with E-state index in [0.29, 0.717) is 27.8 Å². The van der Waals surface area contributed by atoms with Crippen molar-refractivity contribution in [3.05, 3.63) is 99.0 Å². The number of Topliss-reactive ketones (excluding diaryl/α,β-unsaturated/α-hetero) is 1. The molecule has 150 valence electrons. The molecule has 0 saturated heterocycles. The largest absolute Gasteiger partial charge is 0.461 e. The van der Waals surface area contributed by atoms with E-state index < -0.39 is 6.23 Å². The fraction of sp³-hybridized carbons (Fsp3) is 0.167. The zero-order valence-corrected chi connectivity index (χ0v) is 17.7. The summed E-state index contributed by atoms with van der Waals surface area (Å²) in [6, 6.07) is 20.4. The van der Waals surface area contributed by atoms with Crippen LogP contribution in [0.1, 0.15) is 39.5 Å². The van der Waals surface area contributed by atoms with Crippen LogP contribution in [-0.2, 0) is 0 Å². The minimum Gasteiger partial charge on any atom is -0.461 e. The molecule has 2 aliphatic heterocycles. The van der Waals surface area contributed by atoms with Crippen LogP contribution in [0.25, 0.3) is 0 Å². The Hall–Kier alpha value is -2.82. The van der Waals surface area contributed by atoms with E-state index in [9.17, 15) is 4.79 Å². The quantitative estimate of drug-likeness (QED) is 0.468. The second-order valence-corrected chi connectivity index (χ2v) is 8.41. The molecule has 0 fully saturated rings. The first-order chi connectivity index (χ1) is 14.5. The summed E-state index contributed by atoms with van der Waals surface area (Å²) in [6.45, 7) is 2.05. The molecule has 0 spiro atoms. The fourth-order valence-corrected chi connectivity index (χ4v) is 4.21. The molecule has 0 saturated carbocycles. The van der Waals surface area contributed by atoms with Gasteiger partial charge in [-0.05, 0) is 55.0 Å². The Bertz CT molecular complexity index is 1160. The van der Waals surface area contributed by atoms with Gasteiger partial charge in [0.2, 0.25) is 5.78 Å². The summed E-state index contributed by atoms with van der Waals surface area (Å²) in [5, 5.41) is 7.79. The van der Waals surface area contributed by atoms with Crippen LogP contribution in [0.3, 0.4) is 0 Å². The molecule has 5 rings (SSSR count). The van der Waals surface area contributed by atoms with E-state index in [1.165, 1.54) is 5.56 Å². The van der Waals surface area contributed by atoms with Gasteiger partial charge in [-0.2, -0.15) is 5.10 Å². The van der Waals surface area contributed by atoms with E-state index in [0.717, 1.165) is 16.8 Å². The minimum atomic E-state index is -0.854. The maximum atomic E-state index is 13.3. The maximum Gasteiger partial charge on any atom is 0.251 e. The Morgan fingerprint density at radius 1 is 1.00 bits per heavy atom. The van der Waals surface area contributed by atoms with Gasteiger partial charge in [0.15, 0.2) is 0 Å². The highest BCUT2D eigenvalue weighted by molar-refractivity contribution is 6.31. The van der Waals surface area contributed by atoms with Crippen molar-refractivity contribution in [2.24, 2.45) is 5.10 Å². The summed E-state index contributed by atoms with van der Waals surface area (Å²) in [7, 11) is 0. The summed E-state index contributed by atoms with van der Waals surface area (Å²) in [6.07, 6.45) is -0.183. The van der Waals surface area contributed by atoms with E-state index in [1.807, 2.05) is 12.1 Å². The lowest BCUT2D eigenvalue weighted by molar-refractivity contribution is -0.00455. The summed E-state index contributed by atoms with van der Waals surface area (Å²) in [5.41, 5.74) is 4.61. The normalized spacial score (nSPS) is 19.6. The predicted molar refractivity (Wildman–Crippen MR) is 119 cm³/mol. The lowest BCUT2D eigenvalue weighted by Crippen LogP contribution is -2.45. The Balaban J connectivity index is 1.57. The number of hydrogen-bond donors (Lipinski definition) is 0. The van der Waals surface area contributed by atoms with Crippen LogP contribution in [0.15, 0.2) is 71.8 Å². The molecule has 2 heterocycles. The number of carbonyl (C=O) groups is 1. The van der Waals surface area contributed by atoms with E-state index in [2.05, 4.69) is 31.2 Å². The number of hydrazone groups is 1. The number of rotatable bonds is 3. The topological polar surface area (TPSA) is 41.9 Å². The van der Waals surface area contributed by atoms with Crippen molar-refractivity contribution in [3.8, 4) is 5.75 Å². The molecule has 3 aromatic carbocycles. The highest BCUT2D eigenvalue weighted by atomic mass is 35.5. The van der Waals surface area contributed by atoms with Gasteiger partial charge in [0.1, 0.15) is 5.75 Å². The van der Waals surface area contributed by atoms with Crippen LogP contribution in [0.5, 0.6) is 5.75 Å². The molecule has 30 heavy (non-hydrogen) atoms. The summed E-state index contributed by atoms with van der Waals surface area (Å²) in [4.78, 5) is 13.3. The molecular formula is C24H18Cl2N2O2. The Labute approximate surface area is 184 Å². The van der Waals surface area contributed by atoms with Gasteiger partial charge in [0, 0.05) is 27.6 Å².